The van der Waals surface area contributed by atoms with Crippen molar-refractivity contribution in [2.75, 3.05) is 6.61 Å². The number of rotatable bonds is 8. The van der Waals surface area contributed by atoms with E-state index in [4.69, 9.17) is 26.1 Å². The lowest BCUT2D eigenvalue weighted by molar-refractivity contribution is 0.0973. The Hall–Kier alpha value is -3.81. The minimum absolute atomic E-state index is 0.0634. The Morgan fingerprint density at radius 1 is 0.949 bits per heavy atom. The molecule has 0 saturated carbocycles. The third-order valence-electron chi connectivity index (χ3n) is 6.92. The van der Waals surface area contributed by atoms with Gasteiger partial charge in [-0.3, -0.25) is 0 Å². The predicted octanol–water partition coefficient (Wildman–Crippen LogP) is 7.38. The summed E-state index contributed by atoms with van der Waals surface area (Å²) in [6.07, 6.45) is 2.58. The zero-order valence-electron chi connectivity index (χ0n) is 21.1. The van der Waals surface area contributed by atoms with Crippen molar-refractivity contribution >= 4 is 22.6 Å². The maximum Gasteiger partial charge on any atom is 0.166 e. The number of imidazole rings is 1. The Morgan fingerprint density at radius 3 is 2.67 bits per heavy atom. The molecule has 1 aliphatic rings. The van der Waals surface area contributed by atoms with Gasteiger partial charge in [0.25, 0.3) is 0 Å². The molecule has 0 spiro atoms. The maximum absolute atomic E-state index is 15.4. The van der Waals surface area contributed by atoms with E-state index in [-0.39, 0.29) is 24.3 Å². The Kier molecular flexibility index (Phi) is 7.26. The molecule has 3 heterocycles. The molecular formula is C31H26ClF2N3O2. The van der Waals surface area contributed by atoms with Crippen molar-refractivity contribution in [2.45, 2.75) is 38.5 Å². The molecule has 39 heavy (non-hydrogen) atoms. The lowest BCUT2D eigenvalue weighted by Crippen LogP contribution is -2.17. The smallest absolute Gasteiger partial charge is 0.166 e. The largest absolute Gasteiger partial charge is 0.484 e. The molecule has 5 nitrogen and oxygen atoms in total. The van der Waals surface area contributed by atoms with Crippen LogP contribution in [0.5, 0.6) is 5.75 Å². The van der Waals surface area contributed by atoms with Crippen LogP contribution in [0.4, 0.5) is 8.78 Å². The van der Waals surface area contributed by atoms with Crippen LogP contribution in [0.3, 0.4) is 0 Å². The van der Waals surface area contributed by atoms with Crippen LogP contribution in [-0.2, 0) is 24.3 Å². The molecule has 0 amide bonds. The third-order valence-corrected chi connectivity index (χ3v) is 7.15. The first-order chi connectivity index (χ1) is 19.0. The number of hydrogen-bond donors (Lipinski definition) is 0. The van der Waals surface area contributed by atoms with Gasteiger partial charge in [-0.1, -0.05) is 41.9 Å². The molecule has 6 rings (SSSR count). The molecule has 198 valence electrons. The summed E-state index contributed by atoms with van der Waals surface area (Å²) in [4.78, 5) is 9.41. The van der Waals surface area contributed by atoms with Crippen LogP contribution in [0.15, 0.2) is 78.9 Å². The molecular weight excluding hydrogens is 520 g/mol. The molecule has 2 aromatic heterocycles. The molecule has 0 radical (unpaired) electrons. The van der Waals surface area contributed by atoms with E-state index >= 15 is 4.39 Å². The van der Waals surface area contributed by atoms with Crippen LogP contribution in [0.2, 0.25) is 5.02 Å². The summed E-state index contributed by atoms with van der Waals surface area (Å²) in [5.74, 6) is 0.0353. The summed E-state index contributed by atoms with van der Waals surface area (Å²) in [7, 11) is 0. The highest BCUT2D eigenvalue weighted by molar-refractivity contribution is 6.30. The number of ether oxygens (including phenoxy) is 2. The van der Waals surface area contributed by atoms with E-state index in [9.17, 15) is 4.39 Å². The van der Waals surface area contributed by atoms with Gasteiger partial charge in [0.05, 0.1) is 35.1 Å². The second-order valence-corrected chi connectivity index (χ2v) is 10.1. The summed E-state index contributed by atoms with van der Waals surface area (Å²) in [5, 5.41) is 0.297. The lowest BCUT2D eigenvalue weighted by Gasteiger charge is -2.15. The van der Waals surface area contributed by atoms with E-state index in [1.54, 1.807) is 18.2 Å². The Morgan fingerprint density at radius 2 is 1.85 bits per heavy atom. The number of nitrogens with zero attached hydrogens (tertiary/aromatic N) is 3. The standard InChI is InChI=1S/C31H26ClF2N3O2/c32-22-12-13-30(26(34)17-22)39-19-23-5-3-8-27(35-23)21-11-10-20(25(33)15-21)16-31-36-28-7-1-2-9-29(28)37(31)18-24-6-4-14-38-24/h1-3,5,7-13,15,17,24H,4,6,14,16,18-19H2/t24-/m1/s1. The van der Waals surface area contributed by atoms with E-state index in [1.807, 2.05) is 42.5 Å². The molecule has 0 unspecified atom stereocenters. The molecule has 1 saturated heterocycles. The summed E-state index contributed by atoms with van der Waals surface area (Å²) in [6, 6.07) is 22.8. The highest BCUT2D eigenvalue weighted by Crippen LogP contribution is 2.26. The second kappa shape index (κ2) is 11.1. The fourth-order valence-electron chi connectivity index (χ4n) is 4.94. The SMILES string of the molecule is Fc1cc(-c2cccc(COc3ccc(Cl)cc3F)n2)ccc1Cc1nc2ccccc2n1C[C@H]1CCCO1. The van der Waals surface area contributed by atoms with Crippen LogP contribution < -0.4 is 4.74 Å². The molecule has 0 bridgehead atoms. The summed E-state index contributed by atoms with van der Waals surface area (Å²) >= 11 is 5.80. The summed E-state index contributed by atoms with van der Waals surface area (Å²) < 4.78 is 43.0. The average molecular weight is 546 g/mol. The predicted molar refractivity (Wildman–Crippen MR) is 147 cm³/mol. The van der Waals surface area contributed by atoms with Gasteiger partial charge >= 0.3 is 0 Å². The lowest BCUT2D eigenvalue weighted by atomic mass is 10.0. The van der Waals surface area contributed by atoms with Crippen molar-refractivity contribution in [1.82, 2.24) is 14.5 Å². The Labute approximate surface area is 230 Å². The van der Waals surface area contributed by atoms with Crippen LogP contribution in [-0.4, -0.2) is 27.2 Å². The van der Waals surface area contributed by atoms with Crippen LogP contribution >= 0.6 is 11.6 Å². The summed E-state index contributed by atoms with van der Waals surface area (Å²) in [5.41, 5.74) is 4.31. The van der Waals surface area contributed by atoms with Crippen molar-refractivity contribution in [1.29, 1.82) is 0 Å². The van der Waals surface area contributed by atoms with E-state index in [2.05, 4.69) is 9.55 Å². The topological polar surface area (TPSA) is 49.2 Å². The van der Waals surface area contributed by atoms with Crippen LogP contribution in [0, 0.1) is 11.6 Å². The van der Waals surface area contributed by atoms with Gasteiger partial charge in [0, 0.05) is 23.6 Å². The van der Waals surface area contributed by atoms with Crippen molar-refractivity contribution in [3.05, 3.63) is 113 Å². The summed E-state index contributed by atoms with van der Waals surface area (Å²) in [6.45, 7) is 1.55. The van der Waals surface area contributed by atoms with Gasteiger partial charge in [0.15, 0.2) is 11.6 Å². The zero-order chi connectivity index (χ0) is 26.8. The fraction of sp³-hybridized carbons (Fsp3) is 0.226. The molecule has 1 fully saturated rings. The van der Waals surface area contributed by atoms with Crippen molar-refractivity contribution in [2.24, 2.45) is 0 Å². The van der Waals surface area contributed by atoms with E-state index in [0.717, 1.165) is 36.3 Å². The molecule has 0 aliphatic carbocycles. The fourth-order valence-corrected chi connectivity index (χ4v) is 5.10. The van der Waals surface area contributed by atoms with E-state index < -0.39 is 5.82 Å². The van der Waals surface area contributed by atoms with Gasteiger partial charge in [0.1, 0.15) is 18.2 Å². The van der Waals surface area contributed by atoms with E-state index in [0.29, 0.717) is 40.5 Å². The van der Waals surface area contributed by atoms with Crippen LogP contribution in [0.1, 0.15) is 29.9 Å². The Balaban J connectivity index is 1.21. The number of fused-ring (bicyclic) bond motifs is 1. The van der Waals surface area contributed by atoms with Gasteiger partial charge in [-0.15, -0.1) is 0 Å². The third kappa shape index (κ3) is 5.65. The quantitative estimate of drug-likeness (QED) is 0.204. The minimum Gasteiger partial charge on any atom is -0.484 e. The van der Waals surface area contributed by atoms with Gasteiger partial charge in [0.2, 0.25) is 0 Å². The minimum atomic E-state index is -0.541. The normalized spacial score (nSPS) is 15.2. The van der Waals surface area contributed by atoms with Crippen molar-refractivity contribution in [3.63, 3.8) is 0 Å². The van der Waals surface area contributed by atoms with Crippen LogP contribution in [0.25, 0.3) is 22.3 Å². The van der Waals surface area contributed by atoms with Gasteiger partial charge in [-0.2, -0.15) is 0 Å². The number of hydrogen-bond acceptors (Lipinski definition) is 4. The molecule has 8 heteroatoms. The number of halogens is 3. The average Bonchev–Trinajstić information content (AvgIpc) is 3.58. The molecule has 1 aliphatic heterocycles. The number of aromatic nitrogens is 3. The van der Waals surface area contributed by atoms with Gasteiger partial charge in [-0.25, -0.2) is 18.7 Å². The first kappa shape index (κ1) is 25.5. The van der Waals surface area contributed by atoms with Crippen molar-refractivity contribution in [3.8, 4) is 17.0 Å². The maximum atomic E-state index is 15.4. The first-order valence-electron chi connectivity index (χ1n) is 12.9. The van der Waals surface area contributed by atoms with E-state index in [1.165, 1.54) is 18.2 Å². The molecule has 0 N–H and O–H groups in total. The van der Waals surface area contributed by atoms with Crippen molar-refractivity contribution < 1.29 is 18.3 Å². The second-order valence-electron chi connectivity index (χ2n) is 9.62. The Bertz CT molecular complexity index is 1630. The van der Waals surface area contributed by atoms with Gasteiger partial charge in [-0.05, 0) is 66.9 Å². The number of benzene rings is 3. The molecule has 5 aromatic rings. The number of pyridine rings is 1. The highest BCUT2D eigenvalue weighted by atomic mass is 35.5. The zero-order valence-corrected chi connectivity index (χ0v) is 21.9. The highest BCUT2D eigenvalue weighted by Gasteiger charge is 2.20. The monoisotopic (exact) mass is 545 g/mol. The molecule has 1 atom stereocenters. The first-order valence-corrected chi connectivity index (χ1v) is 13.3. The van der Waals surface area contributed by atoms with Gasteiger partial charge < -0.3 is 14.0 Å². The molecule has 3 aromatic carbocycles. The number of para-hydroxylation sites is 2.